The first-order valence-electron chi connectivity index (χ1n) is 6.17. The maximum Gasteiger partial charge on any atom is 0.339 e. The zero-order valence-electron chi connectivity index (χ0n) is 10.5. The van der Waals surface area contributed by atoms with Crippen LogP contribution in [0.3, 0.4) is 0 Å². The fraction of sp³-hybridized carbons (Fsp3) is 0.667. The summed E-state index contributed by atoms with van der Waals surface area (Å²) in [5.74, 6) is 0.516. The molecule has 0 aliphatic heterocycles. The Morgan fingerprint density at radius 1 is 1.56 bits per heavy atom. The zero-order valence-corrected chi connectivity index (χ0v) is 11.3. The Labute approximate surface area is 109 Å². The fourth-order valence-corrected chi connectivity index (χ4v) is 4.09. The molecular weight excluding hydrogens is 252 g/mol. The van der Waals surface area contributed by atoms with Crippen molar-refractivity contribution in [3.05, 3.63) is 17.5 Å². The number of carbonyl (C=O) groups is 1. The van der Waals surface area contributed by atoms with Gasteiger partial charge in [-0.25, -0.2) is 4.79 Å². The molecule has 1 saturated carbocycles. The second kappa shape index (κ2) is 5.65. The number of aromatic carboxylic acids is 1. The summed E-state index contributed by atoms with van der Waals surface area (Å²) in [6.07, 6.45) is 6.10. The van der Waals surface area contributed by atoms with Crippen LogP contribution in [0.5, 0.6) is 0 Å². The minimum absolute atomic E-state index is 0.164. The third-order valence-corrected chi connectivity index (χ3v) is 4.92. The molecule has 0 amide bonds. The van der Waals surface area contributed by atoms with Gasteiger partial charge in [-0.1, -0.05) is 12.8 Å². The topological polar surface area (TPSA) is 72.2 Å². The molecule has 2 rings (SSSR count). The highest BCUT2D eigenvalue weighted by molar-refractivity contribution is 7.84. The smallest absolute Gasteiger partial charge is 0.339 e. The van der Waals surface area contributed by atoms with Crippen LogP contribution in [-0.4, -0.2) is 30.8 Å². The van der Waals surface area contributed by atoms with Crippen LogP contribution < -0.4 is 0 Å². The molecule has 1 heterocycles. The van der Waals surface area contributed by atoms with Crippen LogP contribution in [0, 0.1) is 5.92 Å². The predicted molar refractivity (Wildman–Crippen MR) is 68.8 cm³/mol. The maximum atomic E-state index is 12.1. The lowest BCUT2D eigenvalue weighted by molar-refractivity contribution is 0.0696. The van der Waals surface area contributed by atoms with E-state index in [1.165, 1.54) is 23.7 Å². The molecule has 100 valence electrons. The van der Waals surface area contributed by atoms with Crippen molar-refractivity contribution in [2.45, 2.75) is 31.4 Å². The average molecular weight is 270 g/mol. The lowest BCUT2D eigenvalue weighted by Crippen LogP contribution is -2.13. The van der Waals surface area contributed by atoms with Gasteiger partial charge >= 0.3 is 5.97 Å². The average Bonchev–Trinajstić information content (AvgIpc) is 2.90. The molecule has 1 aliphatic rings. The van der Waals surface area contributed by atoms with Gasteiger partial charge in [-0.2, -0.15) is 5.10 Å². The van der Waals surface area contributed by atoms with E-state index in [9.17, 15) is 9.00 Å². The molecule has 6 heteroatoms. The SMILES string of the molecule is Cn1ncc(C(=O)O)c1CS(=O)CC1CCCC1. The Balaban J connectivity index is 2.01. The van der Waals surface area contributed by atoms with Crippen molar-refractivity contribution in [3.8, 4) is 0 Å². The third-order valence-electron chi connectivity index (χ3n) is 3.49. The van der Waals surface area contributed by atoms with Crippen LogP contribution in [-0.2, 0) is 23.6 Å². The molecule has 18 heavy (non-hydrogen) atoms. The molecule has 1 atom stereocenters. The minimum Gasteiger partial charge on any atom is -0.478 e. The second-order valence-corrected chi connectivity index (χ2v) is 6.34. The number of carboxylic acids is 1. The van der Waals surface area contributed by atoms with Gasteiger partial charge in [0.1, 0.15) is 5.56 Å². The lowest BCUT2D eigenvalue weighted by atomic mass is 10.1. The van der Waals surface area contributed by atoms with E-state index in [-0.39, 0.29) is 11.3 Å². The van der Waals surface area contributed by atoms with Gasteiger partial charge < -0.3 is 5.11 Å². The molecule has 1 unspecified atom stereocenters. The molecular formula is C12H18N2O3S. The molecule has 0 bridgehead atoms. The molecule has 1 fully saturated rings. The van der Waals surface area contributed by atoms with Crippen molar-refractivity contribution in [1.82, 2.24) is 9.78 Å². The van der Waals surface area contributed by atoms with Gasteiger partial charge in [-0.05, 0) is 18.8 Å². The predicted octanol–water partition coefficient (Wildman–Crippen LogP) is 1.56. The van der Waals surface area contributed by atoms with Gasteiger partial charge in [-0.15, -0.1) is 0 Å². The summed E-state index contributed by atoms with van der Waals surface area (Å²) < 4.78 is 13.6. The summed E-state index contributed by atoms with van der Waals surface area (Å²) in [5, 5.41) is 12.9. The number of aryl methyl sites for hydroxylation is 1. The Hall–Kier alpha value is -1.17. The number of rotatable bonds is 5. The fourth-order valence-electron chi connectivity index (χ4n) is 2.46. The van der Waals surface area contributed by atoms with Gasteiger partial charge in [0, 0.05) is 23.6 Å². The zero-order chi connectivity index (χ0) is 13.1. The van der Waals surface area contributed by atoms with Crippen molar-refractivity contribution >= 4 is 16.8 Å². The summed E-state index contributed by atoms with van der Waals surface area (Å²) in [5.41, 5.74) is 0.719. The van der Waals surface area contributed by atoms with E-state index in [2.05, 4.69) is 5.10 Å². The second-order valence-electron chi connectivity index (χ2n) is 4.84. The van der Waals surface area contributed by atoms with Gasteiger partial charge in [0.25, 0.3) is 0 Å². The van der Waals surface area contributed by atoms with E-state index in [1.807, 2.05) is 0 Å². The first-order chi connectivity index (χ1) is 8.58. The van der Waals surface area contributed by atoms with Gasteiger partial charge in [0.2, 0.25) is 0 Å². The van der Waals surface area contributed by atoms with E-state index in [4.69, 9.17) is 5.11 Å². The highest BCUT2D eigenvalue weighted by atomic mass is 32.2. The summed E-state index contributed by atoms with van der Waals surface area (Å²) in [6.45, 7) is 0. The Morgan fingerprint density at radius 3 is 2.83 bits per heavy atom. The van der Waals surface area contributed by atoms with Crippen LogP contribution in [0.1, 0.15) is 41.7 Å². The van der Waals surface area contributed by atoms with Crippen LogP contribution in [0.25, 0.3) is 0 Å². The van der Waals surface area contributed by atoms with E-state index in [0.717, 1.165) is 12.8 Å². The molecule has 1 aromatic heterocycles. The van der Waals surface area contributed by atoms with Gasteiger partial charge in [0.05, 0.1) is 17.6 Å². The lowest BCUT2D eigenvalue weighted by Gasteiger charge is -2.09. The number of hydrogen-bond acceptors (Lipinski definition) is 3. The molecule has 1 aliphatic carbocycles. The van der Waals surface area contributed by atoms with Crippen LogP contribution in [0.2, 0.25) is 0 Å². The Morgan fingerprint density at radius 2 is 2.22 bits per heavy atom. The quantitative estimate of drug-likeness (QED) is 0.881. The van der Waals surface area contributed by atoms with Gasteiger partial charge in [-0.3, -0.25) is 8.89 Å². The minimum atomic E-state index is -1.00. The summed E-state index contributed by atoms with van der Waals surface area (Å²) in [7, 11) is 0.689. The third kappa shape index (κ3) is 2.98. The molecule has 1 N–H and O–H groups in total. The van der Waals surface area contributed by atoms with Crippen molar-refractivity contribution in [3.63, 3.8) is 0 Å². The van der Waals surface area contributed by atoms with Gasteiger partial charge in [0.15, 0.2) is 0 Å². The van der Waals surface area contributed by atoms with E-state index in [0.29, 0.717) is 17.4 Å². The molecule has 0 spiro atoms. The van der Waals surface area contributed by atoms with Crippen molar-refractivity contribution < 1.29 is 14.1 Å². The standard InChI is InChI=1S/C12H18N2O3S/c1-14-11(10(6-13-14)12(15)16)8-18(17)7-9-4-2-3-5-9/h6,9H,2-5,7-8H2,1H3,(H,15,16). The monoisotopic (exact) mass is 270 g/mol. The summed E-state index contributed by atoms with van der Waals surface area (Å²) >= 11 is 0. The van der Waals surface area contributed by atoms with Crippen LogP contribution in [0.4, 0.5) is 0 Å². The summed E-state index contributed by atoms with van der Waals surface area (Å²) in [6, 6.07) is 0. The molecule has 5 nitrogen and oxygen atoms in total. The largest absolute Gasteiger partial charge is 0.478 e. The van der Waals surface area contributed by atoms with Crippen molar-refractivity contribution in [2.75, 3.05) is 5.75 Å². The molecule has 0 radical (unpaired) electrons. The number of carboxylic acid groups (broad SMARTS) is 1. The molecule has 0 saturated heterocycles. The number of aromatic nitrogens is 2. The Kier molecular flexibility index (Phi) is 4.16. The van der Waals surface area contributed by atoms with Crippen molar-refractivity contribution in [1.29, 1.82) is 0 Å². The number of nitrogens with zero attached hydrogens (tertiary/aromatic N) is 2. The van der Waals surface area contributed by atoms with E-state index < -0.39 is 16.8 Å². The molecule has 1 aromatic rings. The van der Waals surface area contributed by atoms with E-state index in [1.54, 1.807) is 7.05 Å². The first kappa shape index (κ1) is 13.3. The highest BCUT2D eigenvalue weighted by Gasteiger charge is 2.21. The highest BCUT2D eigenvalue weighted by Crippen LogP contribution is 2.26. The first-order valence-corrected chi connectivity index (χ1v) is 7.66. The number of hydrogen-bond donors (Lipinski definition) is 1. The van der Waals surface area contributed by atoms with Crippen LogP contribution >= 0.6 is 0 Å². The van der Waals surface area contributed by atoms with Crippen LogP contribution in [0.15, 0.2) is 6.20 Å². The van der Waals surface area contributed by atoms with Crippen molar-refractivity contribution in [2.24, 2.45) is 13.0 Å². The molecule has 0 aromatic carbocycles. The summed E-state index contributed by atoms with van der Waals surface area (Å²) in [4.78, 5) is 11.0. The maximum absolute atomic E-state index is 12.1. The normalized spacial score (nSPS) is 18.1. The Bertz CT molecular complexity index is 464. The van der Waals surface area contributed by atoms with E-state index >= 15 is 0 Å².